The van der Waals surface area contributed by atoms with Gasteiger partial charge < -0.3 is 15.0 Å². The molecule has 1 saturated heterocycles. The molecule has 1 aliphatic heterocycles. The zero-order valence-corrected chi connectivity index (χ0v) is 18.4. The van der Waals surface area contributed by atoms with E-state index >= 15 is 0 Å². The molecule has 5 heteroatoms. The van der Waals surface area contributed by atoms with Crippen LogP contribution >= 0.6 is 11.8 Å². The molecule has 4 rings (SSSR count). The first-order valence-electron chi connectivity index (χ1n) is 10.7. The van der Waals surface area contributed by atoms with Gasteiger partial charge in [-0.05, 0) is 28.8 Å². The molecule has 160 valence electrons. The maximum Gasteiger partial charge on any atom is 0.246 e. The molecule has 0 aliphatic carbocycles. The number of ether oxygens (including phenoxy) is 1. The largest absolute Gasteiger partial charge is 0.370 e. The van der Waals surface area contributed by atoms with Gasteiger partial charge in [0, 0.05) is 36.8 Å². The summed E-state index contributed by atoms with van der Waals surface area (Å²) in [6.45, 7) is 2.71. The summed E-state index contributed by atoms with van der Waals surface area (Å²) >= 11 is 2.01. The van der Waals surface area contributed by atoms with Crippen molar-refractivity contribution in [2.24, 2.45) is 0 Å². The highest BCUT2D eigenvalue weighted by Gasteiger charge is 2.16. The van der Waals surface area contributed by atoms with Crippen molar-refractivity contribution in [1.29, 1.82) is 0 Å². The highest BCUT2D eigenvalue weighted by atomic mass is 32.2. The standard InChI is InChI=1S/C26H28N2O2S/c29-25(27-19-21-11-13-24(14-12-21)28-15-17-31-18-16-28)20-30-26(22-7-3-1-4-8-22)23-9-5-2-6-10-23/h1-14,26H,15-20H2,(H,27,29). The first-order chi connectivity index (χ1) is 15.3. The fourth-order valence-corrected chi connectivity index (χ4v) is 4.60. The average molecular weight is 433 g/mol. The molecular formula is C26H28N2O2S. The molecular weight excluding hydrogens is 404 g/mol. The van der Waals surface area contributed by atoms with Crippen LogP contribution in [0.2, 0.25) is 0 Å². The highest BCUT2D eigenvalue weighted by Crippen LogP contribution is 2.25. The monoisotopic (exact) mass is 432 g/mol. The number of anilines is 1. The third-order valence-corrected chi connectivity index (χ3v) is 6.33. The van der Waals surface area contributed by atoms with E-state index in [-0.39, 0.29) is 18.6 Å². The van der Waals surface area contributed by atoms with Crippen molar-refractivity contribution in [2.75, 3.05) is 36.1 Å². The molecule has 4 nitrogen and oxygen atoms in total. The Balaban J connectivity index is 1.30. The van der Waals surface area contributed by atoms with Crippen LogP contribution in [0.3, 0.4) is 0 Å². The first-order valence-corrected chi connectivity index (χ1v) is 11.8. The number of rotatable bonds is 8. The van der Waals surface area contributed by atoms with Crippen LogP contribution in [0.1, 0.15) is 22.8 Å². The molecule has 1 amide bonds. The molecule has 0 saturated carbocycles. The van der Waals surface area contributed by atoms with Gasteiger partial charge >= 0.3 is 0 Å². The normalized spacial score (nSPS) is 13.9. The molecule has 0 unspecified atom stereocenters. The number of amides is 1. The van der Waals surface area contributed by atoms with E-state index in [9.17, 15) is 4.79 Å². The number of benzene rings is 3. The second-order valence-electron chi connectivity index (χ2n) is 7.56. The van der Waals surface area contributed by atoms with E-state index in [0.717, 1.165) is 29.8 Å². The number of nitrogens with one attached hydrogen (secondary N) is 1. The highest BCUT2D eigenvalue weighted by molar-refractivity contribution is 7.99. The lowest BCUT2D eigenvalue weighted by Gasteiger charge is -2.28. The predicted octanol–water partition coefficient (Wildman–Crippen LogP) is 4.66. The summed E-state index contributed by atoms with van der Waals surface area (Å²) in [5.74, 6) is 2.25. The number of carbonyl (C=O) groups is 1. The van der Waals surface area contributed by atoms with E-state index in [1.807, 2.05) is 72.4 Å². The van der Waals surface area contributed by atoms with Crippen molar-refractivity contribution in [3.05, 3.63) is 102 Å². The maximum absolute atomic E-state index is 12.5. The van der Waals surface area contributed by atoms with E-state index in [1.54, 1.807) is 0 Å². The summed E-state index contributed by atoms with van der Waals surface area (Å²) in [6.07, 6.45) is -0.268. The summed E-state index contributed by atoms with van der Waals surface area (Å²) in [4.78, 5) is 14.9. The Kier molecular flexibility index (Phi) is 7.64. The van der Waals surface area contributed by atoms with Crippen molar-refractivity contribution in [2.45, 2.75) is 12.6 Å². The van der Waals surface area contributed by atoms with E-state index in [1.165, 1.54) is 17.2 Å². The first kappa shape index (κ1) is 21.5. The van der Waals surface area contributed by atoms with Gasteiger partial charge in [0.05, 0.1) is 0 Å². The van der Waals surface area contributed by atoms with Gasteiger partial charge in [-0.25, -0.2) is 0 Å². The number of carbonyl (C=O) groups excluding carboxylic acids is 1. The zero-order valence-electron chi connectivity index (χ0n) is 17.6. The van der Waals surface area contributed by atoms with Gasteiger partial charge in [0.25, 0.3) is 0 Å². The van der Waals surface area contributed by atoms with E-state index in [4.69, 9.17) is 4.74 Å². The third-order valence-electron chi connectivity index (χ3n) is 5.39. The Bertz CT molecular complexity index is 903. The number of nitrogens with zero attached hydrogens (tertiary/aromatic N) is 1. The Morgan fingerprint density at radius 2 is 1.45 bits per heavy atom. The van der Waals surface area contributed by atoms with Crippen molar-refractivity contribution in [3.63, 3.8) is 0 Å². The smallest absolute Gasteiger partial charge is 0.246 e. The summed E-state index contributed by atoms with van der Waals surface area (Å²) in [5, 5.41) is 2.98. The molecule has 0 atom stereocenters. The van der Waals surface area contributed by atoms with Gasteiger partial charge in [0.15, 0.2) is 0 Å². The van der Waals surface area contributed by atoms with Gasteiger partial charge in [-0.3, -0.25) is 4.79 Å². The van der Waals surface area contributed by atoms with E-state index < -0.39 is 0 Å². The van der Waals surface area contributed by atoms with Gasteiger partial charge in [-0.15, -0.1) is 0 Å². The van der Waals surface area contributed by atoms with Crippen molar-refractivity contribution in [3.8, 4) is 0 Å². The number of hydrogen-bond acceptors (Lipinski definition) is 4. The molecule has 1 heterocycles. The van der Waals surface area contributed by atoms with Crippen LogP contribution in [0, 0.1) is 0 Å². The molecule has 1 N–H and O–H groups in total. The van der Waals surface area contributed by atoms with Crippen LogP contribution in [0.5, 0.6) is 0 Å². The van der Waals surface area contributed by atoms with E-state index in [0.29, 0.717) is 6.54 Å². The SMILES string of the molecule is O=C(COC(c1ccccc1)c1ccccc1)NCc1ccc(N2CCSCC2)cc1. The predicted molar refractivity (Wildman–Crippen MR) is 129 cm³/mol. The average Bonchev–Trinajstić information content (AvgIpc) is 2.85. The zero-order chi connectivity index (χ0) is 21.3. The molecule has 1 fully saturated rings. The minimum atomic E-state index is -0.268. The van der Waals surface area contributed by atoms with Crippen LogP contribution in [0.15, 0.2) is 84.9 Å². The molecule has 0 bridgehead atoms. The maximum atomic E-state index is 12.5. The quantitative estimate of drug-likeness (QED) is 0.562. The van der Waals surface area contributed by atoms with Crippen LogP contribution in [0.25, 0.3) is 0 Å². The lowest BCUT2D eigenvalue weighted by Crippen LogP contribution is -2.32. The lowest BCUT2D eigenvalue weighted by atomic mass is 10.0. The Morgan fingerprint density at radius 3 is 2.03 bits per heavy atom. The summed E-state index contributed by atoms with van der Waals surface area (Å²) in [6, 6.07) is 28.5. The fraction of sp³-hybridized carbons (Fsp3) is 0.269. The Labute approximate surface area is 188 Å². The minimum Gasteiger partial charge on any atom is -0.370 e. The summed E-state index contributed by atoms with van der Waals surface area (Å²) in [5.41, 5.74) is 4.42. The lowest BCUT2D eigenvalue weighted by molar-refractivity contribution is -0.127. The molecule has 31 heavy (non-hydrogen) atoms. The van der Waals surface area contributed by atoms with E-state index in [2.05, 4.69) is 34.5 Å². The minimum absolute atomic E-state index is 0.0119. The molecule has 0 radical (unpaired) electrons. The van der Waals surface area contributed by atoms with Crippen LogP contribution < -0.4 is 10.2 Å². The number of hydrogen-bond donors (Lipinski definition) is 1. The van der Waals surface area contributed by atoms with Crippen molar-refractivity contribution in [1.82, 2.24) is 5.32 Å². The van der Waals surface area contributed by atoms with Crippen molar-refractivity contribution >= 4 is 23.4 Å². The molecule has 3 aromatic rings. The van der Waals surface area contributed by atoms with Crippen LogP contribution in [0.4, 0.5) is 5.69 Å². The fourth-order valence-electron chi connectivity index (χ4n) is 3.70. The molecule has 3 aromatic carbocycles. The van der Waals surface area contributed by atoms with Gasteiger partial charge in [0.2, 0.25) is 5.91 Å². The Hall–Kier alpha value is -2.76. The molecule has 0 aromatic heterocycles. The van der Waals surface area contributed by atoms with Gasteiger partial charge in [-0.2, -0.15) is 11.8 Å². The molecule has 0 spiro atoms. The number of thioether (sulfide) groups is 1. The van der Waals surface area contributed by atoms with Crippen LogP contribution in [-0.4, -0.2) is 37.1 Å². The second-order valence-corrected chi connectivity index (χ2v) is 8.78. The van der Waals surface area contributed by atoms with Gasteiger partial charge in [0.1, 0.15) is 12.7 Å². The Morgan fingerprint density at radius 1 is 0.871 bits per heavy atom. The molecule has 1 aliphatic rings. The topological polar surface area (TPSA) is 41.6 Å². The summed E-state index contributed by atoms with van der Waals surface area (Å²) in [7, 11) is 0. The third kappa shape index (κ3) is 6.12. The second kappa shape index (κ2) is 11.0. The summed E-state index contributed by atoms with van der Waals surface area (Å²) < 4.78 is 6.04. The van der Waals surface area contributed by atoms with Gasteiger partial charge in [-0.1, -0.05) is 72.8 Å². The van der Waals surface area contributed by atoms with Crippen molar-refractivity contribution < 1.29 is 9.53 Å². The van der Waals surface area contributed by atoms with Crippen LogP contribution in [-0.2, 0) is 16.1 Å².